The molecular weight excluding hydrogens is 616 g/mol. The minimum absolute atomic E-state index is 0.0251. The lowest BCUT2D eigenvalue weighted by Crippen LogP contribution is -2.44. The second kappa shape index (κ2) is 16.6. The maximum absolute atomic E-state index is 14.1. The van der Waals surface area contributed by atoms with Crippen molar-refractivity contribution in [2.45, 2.75) is 63.2 Å². The average molecular weight is 665 g/mol. The molecule has 3 aromatic carbocycles. The van der Waals surface area contributed by atoms with Gasteiger partial charge in [0.25, 0.3) is 5.69 Å². The van der Waals surface area contributed by atoms with Crippen molar-refractivity contribution in [3.8, 4) is 0 Å². The number of aliphatic imine (C=N–C) groups is 1. The maximum atomic E-state index is 14.1. The summed E-state index contributed by atoms with van der Waals surface area (Å²) in [5, 5.41) is 14.5. The highest BCUT2D eigenvalue weighted by Gasteiger charge is 2.42. The van der Waals surface area contributed by atoms with Crippen LogP contribution in [0.15, 0.2) is 101 Å². The van der Waals surface area contributed by atoms with E-state index in [-0.39, 0.29) is 17.0 Å². The second-order valence-corrected chi connectivity index (χ2v) is 13.0. The van der Waals surface area contributed by atoms with Crippen molar-refractivity contribution < 1.29 is 14.5 Å². The number of allylic oxidation sites excluding steroid dienone is 1. The quantitative estimate of drug-likeness (QED) is 0.109. The Labute approximate surface area is 288 Å². The molecule has 2 aliphatic heterocycles. The third-order valence-electron chi connectivity index (χ3n) is 10.1. The molecule has 258 valence electrons. The second-order valence-electron chi connectivity index (χ2n) is 13.0. The van der Waals surface area contributed by atoms with Gasteiger partial charge >= 0.3 is 0 Å². The van der Waals surface area contributed by atoms with E-state index in [9.17, 15) is 19.7 Å². The van der Waals surface area contributed by atoms with Gasteiger partial charge in [-0.1, -0.05) is 79.7 Å². The molecule has 1 fully saturated rings. The number of non-ortho nitro benzene ring substituents is 1. The summed E-state index contributed by atoms with van der Waals surface area (Å²) in [4.78, 5) is 45.2. The average Bonchev–Trinajstić information content (AvgIpc) is 3.13. The van der Waals surface area contributed by atoms with E-state index in [4.69, 9.17) is 16.5 Å². The zero-order valence-corrected chi connectivity index (χ0v) is 28.4. The number of nitro benzene ring substituents is 1. The first-order valence-corrected chi connectivity index (χ1v) is 17.4. The maximum Gasteiger partial charge on any atom is 0.269 e. The predicted molar refractivity (Wildman–Crippen MR) is 193 cm³/mol. The van der Waals surface area contributed by atoms with Crippen LogP contribution in [0.5, 0.6) is 0 Å². The van der Waals surface area contributed by atoms with Gasteiger partial charge in [-0.3, -0.25) is 24.7 Å². The topological polar surface area (TPSA) is 157 Å². The van der Waals surface area contributed by atoms with Crippen LogP contribution in [0.4, 0.5) is 5.69 Å². The number of nitro groups is 1. The molecule has 2 aliphatic rings. The van der Waals surface area contributed by atoms with Gasteiger partial charge in [-0.15, -0.1) is 0 Å². The van der Waals surface area contributed by atoms with Gasteiger partial charge in [0.05, 0.1) is 10.8 Å². The number of primary amides is 1. The molecular formula is C39H48N6O4. The number of nitrogens with one attached hydrogen (secondary N) is 1. The number of hydrogen-bond donors (Lipinski definition) is 3. The van der Waals surface area contributed by atoms with Crippen molar-refractivity contribution in [3.63, 3.8) is 0 Å². The first kappa shape index (κ1) is 35.6. The summed E-state index contributed by atoms with van der Waals surface area (Å²) in [5.74, 6) is -2.41. The van der Waals surface area contributed by atoms with E-state index in [0.717, 1.165) is 51.7 Å². The minimum Gasteiger partial charge on any atom is -0.369 e. The van der Waals surface area contributed by atoms with Crippen molar-refractivity contribution in [1.82, 2.24) is 10.2 Å². The van der Waals surface area contributed by atoms with Crippen LogP contribution in [0.2, 0.25) is 0 Å². The number of nitrogens with zero attached hydrogens (tertiary/aromatic N) is 3. The van der Waals surface area contributed by atoms with Crippen LogP contribution in [0, 0.1) is 16.0 Å². The zero-order valence-electron chi connectivity index (χ0n) is 28.4. The van der Waals surface area contributed by atoms with Crippen LogP contribution in [0.3, 0.4) is 0 Å². The number of carbonyl (C=O) groups is 2. The fourth-order valence-corrected chi connectivity index (χ4v) is 7.55. The Hall–Kier alpha value is -4.67. The molecule has 2 amide bonds. The molecule has 1 saturated heterocycles. The van der Waals surface area contributed by atoms with E-state index >= 15 is 0 Å². The third-order valence-corrected chi connectivity index (χ3v) is 10.1. The molecule has 5 rings (SSSR count). The van der Waals surface area contributed by atoms with Crippen LogP contribution in [-0.4, -0.2) is 60.1 Å². The Bertz CT molecular complexity index is 1610. The Morgan fingerprint density at radius 2 is 1.55 bits per heavy atom. The van der Waals surface area contributed by atoms with Gasteiger partial charge in [0.15, 0.2) is 0 Å². The summed E-state index contributed by atoms with van der Waals surface area (Å²) in [6, 6.07) is 27.6. The number of likely N-dealkylation sites (tertiary alicyclic amines) is 1. The first-order valence-electron chi connectivity index (χ1n) is 17.4. The van der Waals surface area contributed by atoms with Gasteiger partial charge < -0.3 is 21.7 Å². The molecule has 49 heavy (non-hydrogen) atoms. The summed E-state index contributed by atoms with van der Waals surface area (Å²) in [7, 11) is 0. The molecule has 10 nitrogen and oxygen atoms in total. The molecule has 2 atom stereocenters. The minimum atomic E-state index is -0.840. The van der Waals surface area contributed by atoms with Gasteiger partial charge in [0.1, 0.15) is 0 Å². The number of hydrogen-bond acceptors (Lipinski definition) is 7. The van der Waals surface area contributed by atoms with Crippen LogP contribution in [-0.2, 0) is 15.0 Å². The standard InChI is InChI=1S/C39H48N6O4/c1-2-32-35(37(41)46)34(28-17-19-31(20-18-28)45(48)49)36(33(43-32)16-9-10-23-40)38(47)42-24-11-25-44-26-21-39(22-27-44,29-12-5-3-6-13-29)30-14-7-4-8-15-30/h3-8,12-15,17-20,34-35H,2,9-11,16,21-27,40H2,1H3,(H2,41,46)(H,42,47). The molecule has 2 heterocycles. The number of nitrogens with two attached hydrogens (primary N) is 2. The Balaban J connectivity index is 1.30. The number of benzene rings is 3. The lowest BCUT2D eigenvalue weighted by Gasteiger charge is -2.43. The van der Waals surface area contributed by atoms with Gasteiger partial charge in [-0.2, -0.15) is 0 Å². The molecule has 0 bridgehead atoms. The van der Waals surface area contributed by atoms with Crippen molar-refractivity contribution >= 4 is 23.2 Å². The zero-order chi connectivity index (χ0) is 34.8. The molecule has 0 spiro atoms. The smallest absolute Gasteiger partial charge is 0.269 e. The van der Waals surface area contributed by atoms with Gasteiger partial charge in [0, 0.05) is 47.0 Å². The highest BCUT2D eigenvalue weighted by Crippen LogP contribution is 2.43. The molecule has 0 aromatic heterocycles. The van der Waals surface area contributed by atoms with Crippen molar-refractivity contribution in [2.24, 2.45) is 22.4 Å². The first-order chi connectivity index (χ1) is 23.8. The van der Waals surface area contributed by atoms with Crippen LogP contribution in [0.25, 0.3) is 0 Å². The van der Waals surface area contributed by atoms with Crippen molar-refractivity contribution in [1.29, 1.82) is 0 Å². The highest BCUT2D eigenvalue weighted by atomic mass is 16.6. The van der Waals surface area contributed by atoms with E-state index in [2.05, 4.69) is 70.9 Å². The van der Waals surface area contributed by atoms with E-state index < -0.39 is 22.7 Å². The summed E-state index contributed by atoms with van der Waals surface area (Å²) < 4.78 is 0. The van der Waals surface area contributed by atoms with Crippen LogP contribution in [0.1, 0.15) is 74.5 Å². The number of rotatable bonds is 15. The molecule has 2 unspecified atom stereocenters. The van der Waals surface area contributed by atoms with Crippen molar-refractivity contribution in [3.05, 3.63) is 123 Å². The monoisotopic (exact) mass is 664 g/mol. The molecule has 0 aliphatic carbocycles. The van der Waals surface area contributed by atoms with Crippen LogP contribution >= 0.6 is 0 Å². The fraction of sp³-hybridized carbons (Fsp3) is 0.410. The molecule has 0 saturated carbocycles. The van der Waals surface area contributed by atoms with E-state index in [1.165, 1.54) is 23.3 Å². The summed E-state index contributed by atoms with van der Waals surface area (Å²) in [6.45, 7) is 5.63. The number of unbranched alkanes of at least 4 members (excludes halogenated alkanes) is 1. The predicted octanol–water partition coefficient (Wildman–Crippen LogP) is 5.62. The fourth-order valence-electron chi connectivity index (χ4n) is 7.55. The normalized spacial score (nSPS) is 19.3. The number of amides is 2. The van der Waals surface area contributed by atoms with Gasteiger partial charge in [-0.25, -0.2) is 0 Å². The highest BCUT2D eigenvalue weighted by molar-refractivity contribution is 6.09. The number of piperidine rings is 1. The molecule has 0 radical (unpaired) electrons. The SMILES string of the molecule is CCC1=NC(CCCCN)=C(C(=O)NCCCN2CCC(c3ccccc3)(c3ccccc3)CC2)C(c2ccc([N+](=O)[O-])cc2)C1C(N)=O. The van der Waals surface area contributed by atoms with E-state index in [1.54, 1.807) is 12.1 Å². The van der Waals surface area contributed by atoms with E-state index in [1.807, 2.05) is 6.92 Å². The largest absolute Gasteiger partial charge is 0.369 e. The molecule has 5 N–H and O–H groups in total. The summed E-state index contributed by atoms with van der Waals surface area (Å²) in [6.07, 6.45) is 5.29. The van der Waals surface area contributed by atoms with Crippen LogP contribution < -0.4 is 16.8 Å². The van der Waals surface area contributed by atoms with E-state index in [0.29, 0.717) is 48.5 Å². The lowest BCUT2D eigenvalue weighted by atomic mass is 9.68. The Kier molecular flexibility index (Phi) is 12.1. The Morgan fingerprint density at radius 3 is 2.08 bits per heavy atom. The number of carbonyl (C=O) groups excluding carboxylic acids is 2. The summed E-state index contributed by atoms with van der Waals surface area (Å²) in [5.41, 5.74) is 16.6. The van der Waals surface area contributed by atoms with Gasteiger partial charge in [0.2, 0.25) is 11.8 Å². The summed E-state index contributed by atoms with van der Waals surface area (Å²) >= 11 is 0. The third kappa shape index (κ3) is 8.14. The lowest BCUT2D eigenvalue weighted by molar-refractivity contribution is -0.384. The van der Waals surface area contributed by atoms with Gasteiger partial charge in [-0.05, 0) is 87.8 Å². The molecule has 10 heteroatoms. The van der Waals surface area contributed by atoms with Crippen molar-refractivity contribution in [2.75, 3.05) is 32.7 Å². The Morgan fingerprint density at radius 1 is 0.939 bits per heavy atom. The molecule has 3 aromatic rings.